The maximum Gasteiger partial charge on any atom is 0.0785 e. The Bertz CT molecular complexity index is 432. The minimum atomic E-state index is -0.101. The first kappa shape index (κ1) is 11.8. The molecule has 0 saturated carbocycles. The Balaban J connectivity index is 2.41. The number of allylic oxidation sites excluding steroid dienone is 9. The van der Waals surface area contributed by atoms with Gasteiger partial charge in [-0.1, -0.05) is 62.5 Å². The van der Waals surface area contributed by atoms with Crippen LogP contribution in [-0.4, -0.2) is 11.8 Å². The van der Waals surface area contributed by atoms with E-state index in [1.165, 1.54) is 11.1 Å². The molecule has 1 aliphatic carbocycles. The summed E-state index contributed by atoms with van der Waals surface area (Å²) in [6, 6.07) is 0. The van der Waals surface area contributed by atoms with Gasteiger partial charge in [0, 0.05) is 6.21 Å². The molecule has 0 amide bonds. The average molecular weight is 225 g/mol. The van der Waals surface area contributed by atoms with Gasteiger partial charge in [0.2, 0.25) is 0 Å². The van der Waals surface area contributed by atoms with Crippen molar-refractivity contribution in [2.24, 2.45) is 10.9 Å². The molecule has 0 spiro atoms. The topological polar surface area (TPSA) is 12.4 Å². The molecule has 0 radical (unpaired) electrons. The first-order valence-corrected chi connectivity index (χ1v) is 6.12. The quantitative estimate of drug-likeness (QED) is 0.639. The highest BCUT2D eigenvalue weighted by Gasteiger charge is 2.24. The highest BCUT2D eigenvalue weighted by molar-refractivity contribution is 5.86. The lowest BCUT2D eigenvalue weighted by atomic mass is 9.88. The average Bonchev–Trinajstić information content (AvgIpc) is 2.40. The molecular weight excluding hydrogens is 206 g/mol. The minimum Gasteiger partial charge on any atom is -0.282 e. The summed E-state index contributed by atoms with van der Waals surface area (Å²) in [5, 5.41) is 0. The van der Waals surface area contributed by atoms with Crippen molar-refractivity contribution in [2.45, 2.75) is 26.3 Å². The Morgan fingerprint density at radius 3 is 2.24 bits per heavy atom. The molecule has 17 heavy (non-hydrogen) atoms. The van der Waals surface area contributed by atoms with Crippen LogP contribution in [0.3, 0.4) is 0 Å². The third kappa shape index (κ3) is 2.55. The molecule has 0 fully saturated rings. The first-order valence-electron chi connectivity index (χ1n) is 6.12. The summed E-state index contributed by atoms with van der Waals surface area (Å²) >= 11 is 0. The molecule has 88 valence electrons. The van der Waals surface area contributed by atoms with Crippen molar-refractivity contribution in [1.29, 1.82) is 0 Å². The van der Waals surface area contributed by atoms with Gasteiger partial charge < -0.3 is 0 Å². The SMILES string of the molecule is CC(C)C1(C)C=CC2=C(C=N1)\C=C/C=C\C=C/2. The molecule has 1 heteroatoms. The maximum absolute atomic E-state index is 4.73. The van der Waals surface area contributed by atoms with E-state index in [-0.39, 0.29) is 5.54 Å². The van der Waals surface area contributed by atoms with Crippen molar-refractivity contribution >= 4 is 6.21 Å². The van der Waals surface area contributed by atoms with E-state index in [1.807, 2.05) is 18.4 Å². The van der Waals surface area contributed by atoms with Gasteiger partial charge in [0.1, 0.15) is 0 Å². The smallest absolute Gasteiger partial charge is 0.0785 e. The second-order valence-corrected chi connectivity index (χ2v) is 4.99. The summed E-state index contributed by atoms with van der Waals surface area (Å²) in [6.07, 6.45) is 18.8. The number of rotatable bonds is 1. The number of aliphatic imine (C=N–C) groups is 1. The molecule has 1 unspecified atom stereocenters. The standard InChI is InChI=1S/C16H19N/c1-13(2)16(3)11-10-14-8-6-4-5-7-9-15(14)12-17-16/h4-13H,1-3H3/b5-4-,6-4?,7-5?,8-6-,9-7-,14-8?,15-9?. The van der Waals surface area contributed by atoms with Gasteiger partial charge >= 0.3 is 0 Å². The molecule has 0 saturated heterocycles. The zero-order valence-electron chi connectivity index (χ0n) is 10.7. The zero-order chi connectivity index (χ0) is 12.3. The molecule has 0 aromatic carbocycles. The maximum atomic E-state index is 4.73. The molecular formula is C16H19N. The molecule has 0 N–H and O–H groups in total. The van der Waals surface area contributed by atoms with Crippen LogP contribution in [0.15, 0.2) is 64.7 Å². The number of hydrogen-bond acceptors (Lipinski definition) is 1. The van der Waals surface area contributed by atoms with Gasteiger partial charge in [-0.15, -0.1) is 0 Å². The van der Waals surface area contributed by atoms with Crippen LogP contribution in [0.2, 0.25) is 0 Å². The van der Waals surface area contributed by atoms with Crippen LogP contribution < -0.4 is 0 Å². The van der Waals surface area contributed by atoms with Crippen LogP contribution in [0.1, 0.15) is 20.8 Å². The van der Waals surface area contributed by atoms with Crippen molar-refractivity contribution in [3.8, 4) is 0 Å². The summed E-state index contributed by atoms with van der Waals surface area (Å²) in [5.74, 6) is 0.492. The fourth-order valence-corrected chi connectivity index (χ4v) is 1.76. The van der Waals surface area contributed by atoms with Crippen molar-refractivity contribution < 1.29 is 0 Å². The van der Waals surface area contributed by atoms with Gasteiger partial charge in [-0.25, -0.2) is 0 Å². The Morgan fingerprint density at radius 2 is 1.59 bits per heavy atom. The number of hydrogen-bond donors (Lipinski definition) is 0. The highest BCUT2D eigenvalue weighted by Crippen LogP contribution is 2.27. The second kappa shape index (κ2) is 4.70. The normalized spacial score (nSPS) is 32.7. The molecule has 0 aromatic heterocycles. The van der Waals surface area contributed by atoms with Crippen LogP contribution in [0.5, 0.6) is 0 Å². The third-order valence-electron chi connectivity index (χ3n) is 3.47. The van der Waals surface area contributed by atoms with Gasteiger partial charge in [0.15, 0.2) is 0 Å². The van der Waals surface area contributed by atoms with Crippen molar-refractivity contribution in [1.82, 2.24) is 0 Å². The van der Waals surface area contributed by atoms with Gasteiger partial charge in [-0.2, -0.15) is 0 Å². The summed E-state index contributed by atoms with van der Waals surface area (Å²) in [4.78, 5) is 4.73. The second-order valence-electron chi connectivity index (χ2n) is 4.99. The van der Waals surface area contributed by atoms with E-state index in [4.69, 9.17) is 4.99 Å². The fourth-order valence-electron chi connectivity index (χ4n) is 1.76. The van der Waals surface area contributed by atoms with Crippen LogP contribution in [0, 0.1) is 5.92 Å². The van der Waals surface area contributed by atoms with Crippen molar-refractivity contribution in [2.75, 3.05) is 0 Å². The predicted molar refractivity (Wildman–Crippen MR) is 75.3 cm³/mol. The van der Waals surface area contributed by atoms with Gasteiger partial charge in [-0.3, -0.25) is 4.99 Å². The molecule has 2 aliphatic rings. The van der Waals surface area contributed by atoms with E-state index in [9.17, 15) is 0 Å². The van der Waals surface area contributed by atoms with Crippen LogP contribution in [0.4, 0.5) is 0 Å². The summed E-state index contributed by atoms with van der Waals surface area (Å²) in [7, 11) is 0. The van der Waals surface area contributed by atoms with E-state index in [1.54, 1.807) is 0 Å². The number of nitrogens with zero attached hydrogens (tertiary/aromatic N) is 1. The Morgan fingerprint density at radius 1 is 0.941 bits per heavy atom. The van der Waals surface area contributed by atoms with Crippen LogP contribution in [0.25, 0.3) is 0 Å². The molecule has 1 heterocycles. The molecule has 1 nitrogen and oxygen atoms in total. The predicted octanol–water partition coefficient (Wildman–Crippen LogP) is 4.02. The Hall–Kier alpha value is -1.63. The monoisotopic (exact) mass is 225 g/mol. The Labute approximate surface area is 104 Å². The lowest BCUT2D eigenvalue weighted by Crippen LogP contribution is -2.26. The molecule has 2 rings (SSSR count). The van der Waals surface area contributed by atoms with Crippen LogP contribution >= 0.6 is 0 Å². The summed E-state index contributed by atoms with van der Waals surface area (Å²) < 4.78 is 0. The summed E-state index contributed by atoms with van der Waals surface area (Å²) in [5.41, 5.74) is 2.29. The highest BCUT2D eigenvalue weighted by atomic mass is 14.8. The Kier molecular flexibility index (Phi) is 3.28. The van der Waals surface area contributed by atoms with E-state index < -0.39 is 0 Å². The third-order valence-corrected chi connectivity index (χ3v) is 3.47. The first-order chi connectivity index (χ1) is 8.12. The van der Waals surface area contributed by atoms with Crippen molar-refractivity contribution in [3.05, 3.63) is 59.8 Å². The lowest BCUT2D eigenvalue weighted by Gasteiger charge is -2.25. The molecule has 1 atom stereocenters. The summed E-state index contributed by atoms with van der Waals surface area (Å²) in [6.45, 7) is 6.59. The van der Waals surface area contributed by atoms with E-state index in [2.05, 4.69) is 57.2 Å². The van der Waals surface area contributed by atoms with E-state index in [0.29, 0.717) is 5.92 Å². The largest absolute Gasteiger partial charge is 0.282 e. The van der Waals surface area contributed by atoms with Crippen molar-refractivity contribution in [3.63, 3.8) is 0 Å². The van der Waals surface area contributed by atoms with Gasteiger partial charge in [0.25, 0.3) is 0 Å². The molecule has 1 aliphatic heterocycles. The van der Waals surface area contributed by atoms with Gasteiger partial charge in [0.05, 0.1) is 5.54 Å². The molecule has 0 aromatic rings. The lowest BCUT2D eigenvalue weighted by molar-refractivity contribution is 0.424. The molecule has 0 bridgehead atoms. The van der Waals surface area contributed by atoms with Crippen LogP contribution in [-0.2, 0) is 0 Å². The zero-order valence-corrected chi connectivity index (χ0v) is 10.7. The minimum absolute atomic E-state index is 0.101. The van der Waals surface area contributed by atoms with E-state index >= 15 is 0 Å². The fraction of sp³-hybridized carbons (Fsp3) is 0.312. The van der Waals surface area contributed by atoms with Gasteiger partial charge in [-0.05, 0) is 24.0 Å². The van der Waals surface area contributed by atoms with E-state index in [0.717, 1.165) is 0 Å².